The predicted octanol–water partition coefficient (Wildman–Crippen LogP) is 13.6. The number of esters is 2. The molecular weight excluding hydrogens is 1960 g/mol. The summed E-state index contributed by atoms with van der Waals surface area (Å²) >= 11 is 16.6. The van der Waals surface area contributed by atoms with Crippen LogP contribution < -0.4 is 43.4 Å². The van der Waals surface area contributed by atoms with Crippen LogP contribution >= 0.6 is 96.6 Å². The minimum atomic E-state index is -1.08. The molecule has 10 heterocycles. The van der Waals surface area contributed by atoms with Gasteiger partial charge in [-0.3, -0.25) is 38.7 Å². The molecule has 4 aliphatic rings. The molecule has 0 spiro atoms. The van der Waals surface area contributed by atoms with E-state index < -0.39 is 35.8 Å². The first kappa shape index (κ1) is 96.7. The van der Waals surface area contributed by atoms with Gasteiger partial charge in [-0.15, -0.1) is 17.0 Å². The van der Waals surface area contributed by atoms with E-state index in [1.807, 2.05) is 115 Å². The van der Waals surface area contributed by atoms with Crippen molar-refractivity contribution >= 4 is 204 Å². The van der Waals surface area contributed by atoms with Gasteiger partial charge in [0.15, 0.2) is 0 Å². The quantitative estimate of drug-likeness (QED) is 0.0188. The van der Waals surface area contributed by atoms with Crippen LogP contribution in [-0.4, -0.2) is 154 Å². The number of amides is 7. The number of fused-ring (bicyclic) bond motifs is 4. The molecule has 11 N–H and O–H groups in total. The Morgan fingerprint density at radius 2 is 0.860 bits per heavy atom. The number of aromatic nitrogens is 6. The Kier molecular flexibility index (Phi) is 39.4. The number of pyridine rings is 6. The van der Waals surface area contributed by atoms with Gasteiger partial charge >= 0.3 is 36.2 Å². The number of carboxylic acids is 1. The number of hydrogen-bond acceptors (Lipinski definition) is 25. The highest BCUT2D eigenvalue weighted by Crippen LogP contribution is 2.27. The predicted molar refractivity (Wildman–Crippen MR) is 475 cm³/mol. The van der Waals surface area contributed by atoms with E-state index in [0.29, 0.717) is 83.4 Å². The Labute approximate surface area is 748 Å². The molecule has 0 atom stereocenters. The SMILES string of the molecule is Br.CC(C)(C)OC(=O)/C=C/c1cnc2c(c1)CN(C(=O)OCc1ccccc1)CC(=O)N2.CCOC(=O)CNCc1cc(Br)cnc1N.Nc1ncc(Br)cc1CBr.O=C(O)/C=C/c1cnc2c(c1)CN(C(=O)OCc1ccccc1)CC(=O)N2.O=C1CN(C(=O)OCc2ccccc2)Cc2cc(Br)cnc2N1.O=C1CNCc2cc(Br)cnc2N1. The van der Waals surface area contributed by atoms with Crippen molar-refractivity contribution in [2.24, 2.45) is 0 Å². The molecule has 6 aromatic heterocycles. The zero-order valence-electron chi connectivity index (χ0n) is 65.6. The number of anilines is 6. The number of nitrogens with zero attached hydrogens (tertiary/aromatic N) is 9. The largest absolute Gasteiger partial charge is 0.478 e. The lowest BCUT2D eigenvalue weighted by atomic mass is 10.1. The third-order valence-corrected chi connectivity index (χ3v) is 18.5. The number of rotatable bonds is 16. The van der Waals surface area contributed by atoms with E-state index in [2.05, 4.69) is 141 Å². The third kappa shape index (κ3) is 34.3. The summed E-state index contributed by atoms with van der Waals surface area (Å²) in [5, 5.41) is 26.1. The lowest BCUT2D eigenvalue weighted by Gasteiger charge is -2.19. The fraction of sp³-hybridized carbons (Fsp3) is 0.244. The van der Waals surface area contributed by atoms with Crippen LogP contribution in [0.2, 0.25) is 0 Å². The van der Waals surface area contributed by atoms with Crippen LogP contribution in [0.25, 0.3) is 12.2 Å². The molecule has 0 saturated carbocycles. The molecule has 121 heavy (non-hydrogen) atoms. The molecule has 7 amide bonds. The van der Waals surface area contributed by atoms with Crippen LogP contribution in [0.3, 0.4) is 0 Å². The van der Waals surface area contributed by atoms with E-state index in [-0.39, 0.29) is 112 Å². The molecule has 0 unspecified atom stereocenters. The summed E-state index contributed by atoms with van der Waals surface area (Å²) in [5.74, 6) is -0.0382. The summed E-state index contributed by atoms with van der Waals surface area (Å²) in [7, 11) is 0. The Hall–Kier alpha value is -11.5. The molecule has 0 saturated heterocycles. The molecule has 4 aliphatic heterocycles. The Morgan fingerprint density at radius 1 is 0.488 bits per heavy atom. The number of carboxylic acid groups (broad SMARTS) is 1. The van der Waals surface area contributed by atoms with Gasteiger partial charge in [0.1, 0.15) is 80.0 Å². The van der Waals surface area contributed by atoms with E-state index in [9.17, 15) is 47.9 Å². The maximum absolute atomic E-state index is 12.5. The molecule has 0 fully saturated rings. The number of halogens is 6. The minimum Gasteiger partial charge on any atom is -0.478 e. The summed E-state index contributed by atoms with van der Waals surface area (Å²) in [5.41, 5.74) is 19.2. The van der Waals surface area contributed by atoms with Gasteiger partial charge in [0.25, 0.3) is 0 Å². The maximum Gasteiger partial charge on any atom is 0.410 e. The summed E-state index contributed by atoms with van der Waals surface area (Å²) in [6.45, 7) is 9.71. The van der Waals surface area contributed by atoms with Crippen molar-refractivity contribution < 1.29 is 76.7 Å². The van der Waals surface area contributed by atoms with Crippen molar-refractivity contribution in [1.29, 1.82) is 0 Å². The number of aliphatic carboxylic acids is 1. The van der Waals surface area contributed by atoms with E-state index in [4.69, 9.17) is 40.3 Å². The topological polar surface area (TPSA) is 448 Å². The first-order valence-electron chi connectivity index (χ1n) is 36.5. The summed E-state index contributed by atoms with van der Waals surface area (Å²) in [4.78, 5) is 147. The lowest BCUT2D eigenvalue weighted by Crippen LogP contribution is -2.35. The van der Waals surface area contributed by atoms with Crippen molar-refractivity contribution in [2.45, 2.75) is 91.2 Å². The number of nitrogens with one attached hydrogen (secondary N) is 6. The van der Waals surface area contributed by atoms with Gasteiger partial charge in [-0.25, -0.2) is 53.9 Å². The Morgan fingerprint density at radius 3 is 1.27 bits per heavy atom. The molecule has 9 aromatic rings. The number of carbonyl (C=O) groups excluding carboxylic acids is 9. The van der Waals surface area contributed by atoms with Gasteiger partial charge in [0.2, 0.25) is 23.6 Å². The first-order chi connectivity index (χ1) is 57.4. The number of carbonyl (C=O) groups is 10. The average molecular weight is 2040 g/mol. The summed E-state index contributed by atoms with van der Waals surface area (Å²) in [6.07, 6.45) is 13.1. The van der Waals surface area contributed by atoms with Crippen LogP contribution in [0.15, 0.2) is 195 Å². The molecule has 0 bridgehead atoms. The third-order valence-electron chi connectivity index (χ3n) is 16.2. The number of hydrogen-bond donors (Lipinski definition) is 9. The minimum absolute atomic E-state index is 0. The van der Waals surface area contributed by atoms with Gasteiger partial charge in [-0.2, -0.15) is 0 Å². The summed E-state index contributed by atoms with van der Waals surface area (Å²) in [6, 6.07) is 38.9. The van der Waals surface area contributed by atoms with Crippen molar-refractivity contribution in [3.63, 3.8) is 0 Å². The van der Waals surface area contributed by atoms with E-state index in [1.165, 1.54) is 39.2 Å². The number of ether oxygens (including phenoxy) is 5. The summed E-state index contributed by atoms with van der Waals surface area (Å²) < 4.78 is 29.5. The second-order valence-electron chi connectivity index (χ2n) is 26.8. The molecule has 13 rings (SSSR count). The number of nitrogen functional groups attached to an aromatic ring is 2. The first-order valence-corrected chi connectivity index (χ1v) is 40.8. The zero-order chi connectivity index (χ0) is 86.7. The lowest BCUT2D eigenvalue weighted by molar-refractivity contribution is -0.148. The van der Waals surface area contributed by atoms with Crippen LogP contribution in [-0.2, 0) is 115 Å². The van der Waals surface area contributed by atoms with Gasteiger partial charge in [-0.05, 0) is 168 Å². The molecule has 636 valence electrons. The smallest absolute Gasteiger partial charge is 0.410 e. The highest BCUT2D eigenvalue weighted by molar-refractivity contribution is 9.11. The van der Waals surface area contributed by atoms with Crippen LogP contribution in [0.1, 0.15) is 88.9 Å². The van der Waals surface area contributed by atoms with Crippen LogP contribution in [0.5, 0.6) is 0 Å². The van der Waals surface area contributed by atoms with Crippen molar-refractivity contribution in [3.05, 3.63) is 256 Å². The monoisotopic (exact) mass is 2040 g/mol. The van der Waals surface area contributed by atoms with Crippen LogP contribution in [0, 0.1) is 0 Å². The maximum atomic E-state index is 12.5. The van der Waals surface area contributed by atoms with Gasteiger partial charge < -0.3 is 72.2 Å². The standard InChI is InChI=1S/C23H25N3O5.C19H17N3O5.C16H14BrN3O3.C10H14BrN3O2.C8H8BrN3O.C6H6Br2N2.BrH/c1-23(2,3)31-20(28)10-9-17-11-18-13-26(14-19(27)25-21(18)24-12-17)22(29)30-15-16-7-5-4-6-8-16;23-16-11-22(19(26)27-12-13-4-2-1-3-5-13)10-15-8-14(6-7-17(24)25)9-20-18(15)21-16;17-13-6-12-8-20(9-14(21)19-15(12)18-7-13)16(22)23-10-11-4-2-1-3-5-11;1-2-16-9(15)6-13-4-7-3-8(11)5-14-10(7)12;9-6-1-5-2-10-4-7(13)12-8(5)11-3-6;7-2-4-1-5(8)3-10-6(4)9;/h4-12H,13-15H2,1-3H3,(H,24,25,27);1-9H,10-12H2,(H,24,25)(H,20,21,23);1-7H,8-10H2,(H,18,19,21);3,5,13H,2,4,6H2,1H3,(H2,12,14);1,3,10H,2,4H2,(H,11,12,13);1,3H,2H2,(H2,9,10);1H/b10-9+;7-6+;;;;;. The van der Waals surface area contributed by atoms with Crippen molar-refractivity contribution in [1.82, 2.24) is 55.2 Å². The normalized spacial score (nSPS) is 13.1. The zero-order valence-corrected chi connectivity index (χ0v) is 75.2. The van der Waals surface area contributed by atoms with Crippen LogP contribution in [0.4, 0.5) is 49.3 Å². The van der Waals surface area contributed by atoms with E-state index in [1.54, 1.807) is 70.7 Å². The number of alkyl halides is 1. The van der Waals surface area contributed by atoms with Gasteiger partial charge in [-0.1, -0.05) is 107 Å². The second kappa shape index (κ2) is 49.3. The highest BCUT2D eigenvalue weighted by Gasteiger charge is 2.29. The average Bonchev–Trinajstić information content (AvgIpc) is 1.71. The Bertz CT molecular complexity index is 5160. The molecule has 0 radical (unpaired) electrons. The number of nitrogens with two attached hydrogens (primary N) is 2. The van der Waals surface area contributed by atoms with E-state index in [0.717, 1.165) is 68.2 Å². The second-order valence-corrected chi connectivity index (χ2v) is 31.1. The molecule has 0 aliphatic carbocycles. The fourth-order valence-corrected chi connectivity index (χ4v) is 12.6. The van der Waals surface area contributed by atoms with Crippen molar-refractivity contribution in [2.75, 3.05) is 72.1 Å². The fourth-order valence-electron chi connectivity index (χ4n) is 10.7. The highest BCUT2D eigenvalue weighted by atomic mass is 79.9. The van der Waals surface area contributed by atoms with Crippen molar-refractivity contribution in [3.8, 4) is 0 Å². The molecular formula is C82H85Br6N17O16. The molecule has 3 aromatic carbocycles. The van der Waals surface area contributed by atoms with Gasteiger partial charge in [0.05, 0.1) is 39.3 Å². The van der Waals surface area contributed by atoms with Gasteiger partial charge in [0, 0.05) is 119 Å². The Balaban J connectivity index is 0.000000207. The van der Waals surface area contributed by atoms with E-state index >= 15 is 0 Å². The molecule has 39 heteroatoms. The number of benzene rings is 3. The molecule has 33 nitrogen and oxygen atoms in total.